The van der Waals surface area contributed by atoms with E-state index in [-0.39, 0.29) is 12.3 Å². The Kier molecular flexibility index (Phi) is 6.04. The first kappa shape index (κ1) is 20.0. The number of hydrogen-bond acceptors (Lipinski definition) is 7. The fourth-order valence-electron chi connectivity index (χ4n) is 3.70. The Balaban J connectivity index is 1.26. The number of carbonyl (C=O) groups is 1. The molecule has 30 heavy (non-hydrogen) atoms. The zero-order valence-corrected chi connectivity index (χ0v) is 17.0. The van der Waals surface area contributed by atoms with Crippen LogP contribution in [0.25, 0.3) is 11.0 Å². The first-order valence-electron chi connectivity index (χ1n) is 10.1. The number of rotatable bonds is 6. The lowest BCUT2D eigenvalue weighted by atomic mass is 10.1. The van der Waals surface area contributed by atoms with Crippen molar-refractivity contribution in [2.24, 2.45) is 0 Å². The Morgan fingerprint density at radius 2 is 1.90 bits per heavy atom. The molecule has 1 aliphatic rings. The summed E-state index contributed by atoms with van der Waals surface area (Å²) in [7, 11) is 0. The van der Waals surface area contributed by atoms with Crippen LogP contribution >= 0.6 is 0 Å². The van der Waals surface area contributed by atoms with Gasteiger partial charge >= 0.3 is 5.63 Å². The normalized spacial score (nSPS) is 14.8. The van der Waals surface area contributed by atoms with E-state index in [4.69, 9.17) is 4.42 Å². The SMILES string of the molecule is Cc1ccc2c(CC(=O)NCCN3CCN(c4ncccn4)CC3)cc(=O)oc2c1. The van der Waals surface area contributed by atoms with Gasteiger partial charge in [-0.3, -0.25) is 9.69 Å². The van der Waals surface area contributed by atoms with Gasteiger partial charge in [0.1, 0.15) is 5.58 Å². The maximum Gasteiger partial charge on any atom is 0.336 e. The van der Waals surface area contributed by atoms with Crippen LogP contribution in [0.1, 0.15) is 11.1 Å². The zero-order chi connectivity index (χ0) is 20.9. The van der Waals surface area contributed by atoms with Gasteiger partial charge in [-0.25, -0.2) is 14.8 Å². The highest BCUT2D eigenvalue weighted by molar-refractivity contribution is 5.87. The van der Waals surface area contributed by atoms with Crippen LogP contribution in [-0.2, 0) is 11.2 Å². The molecular weight excluding hydrogens is 382 g/mol. The molecular formula is C22H25N5O3. The molecule has 1 aromatic carbocycles. The topological polar surface area (TPSA) is 91.6 Å². The molecule has 8 heteroatoms. The van der Waals surface area contributed by atoms with E-state index in [1.807, 2.05) is 31.2 Å². The second kappa shape index (κ2) is 9.04. The van der Waals surface area contributed by atoms with Gasteiger partial charge in [-0.2, -0.15) is 0 Å². The number of fused-ring (bicyclic) bond motifs is 1. The molecule has 0 atom stereocenters. The van der Waals surface area contributed by atoms with E-state index < -0.39 is 5.63 Å². The molecule has 1 aliphatic heterocycles. The lowest BCUT2D eigenvalue weighted by Gasteiger charge is -2.34. The maximum absolute atomic E-state index is 12.4. The van der Waals surface area contributed by atoms with Crippen molar-refractivity contribution < 1.29 is 9.21 Å². The summed E-state index contributed by atoms with van der Waals surface area (Å²) in [6.45, 7) is 6.82. The van der Waals surface area contributed by atoms with Crippen LogP contribution in [0.2, 0.25) is 0 Å². The number of hydrogen-bond donors (Lipinski definition) is 1. The number of amides is 1. The predicted octanol–water partition coefficient (Wildman–Crippen LogP) is 1.37. The number of anilines is 1. The molecule has 1 fully saturated rings. The molecule has 1 amide bonds. The van der Waals surface area contributed by atoms with Crippen molar-refractivity contribution in [3.63, 3.8) is 0 Å². The van der Waals surface area contributed by atoms with Crippen LogP contribution in [0.3, 0.4) is 0 Å². The van der Waals surface area contributed by atoms with E-state index >= 15 is 0 Å². The number of carbonyl (C=O) groups excluding carboxylic acids is 1. The van der Waals surface area contributed by atoms with E-state index in [9.17, 15) is 9.59 Å². The lowest BCUT2D eigenvalue weighted by molar-refractivity contribution is -0.120. The highest BCUT2D eigenvalue weighted by atomic mass is 16.4. The Morgan fingerprint density at radius 1 is 1.13 bits per heavy atom. The summed E-state index contributed by atoms with van der Waals surface area (Å²) in [5.74, 6) is 0.666. The molecule has 0 radical (unpaired) electrons. The maximum atomic E-state index is 12.4. The van der Waals surface area contributed by atoms with Gasteiger partial charge in [-0.05, 0) is 30.2 Å². The first-order valence-corrected chi connectivity index (χ1v) is 10.1. The fourth-order valence-corrected chi connectivity index (χ4v) is 3.70. The Bertz CT molecular complexity index is 1080. The van der Waals surface area contributed by atoms with Gasteiger partial charge < -0.3 is 14.6 Å². The van der Waals surface area contributed by atoms with Crippen LogP contribution in [0, 0.1) is 6.92 Å². The van der Waals surface area contributed by atoms with Crippen molar-refractivity contribution in [2.75, 3.05) is 44.2 Å². The number of nitrogens with zero attached hydrogens (tertiary/aromatic N) is 4. The third-order valence-corrected chi connectivity index (χ3v) is 5.29. The van der Waals surface area contributed by atoms with E-state index in [1.165, 1.54) is 6.07 Å². The predicted molar refractivity (Wildman–Crippen MR) is 115 cm³/mol. The molecule has 2 aromatic heterocycles. The molecule has 0 spiro atoms. The number of nitrogens with one attached hydrogen (secondary N) is 1. The van der Waals surface area contributed by atoms with Crippen LogP contribution in [0.15, 0.2) is 51.9 Å². The third kappa shape index (κ3) is 4.83. The molecule has 1 saturated heterocycles. The monoisotopic (exact) mass is 407 g/mol. The van der Waals surface area contributed by atoms with E-state index in [0.717, 1.165) is 49.6 Å². The fraction of sp³-hybridized carbons (Fsp3) is 0.364. The molecule has 1 N–H and O–H groups in total. The summed E-state index contributed by atoms with van der Waals surface area (Å²) in [4.78, 5) is 37.3. The number of benzene rings is 1. The Labute approximate surface area is 174 Å². The minimum absolute atomic E-state index is 0.0983. The number of aryl methyl sites for hydroxylation is 1. The number of aromatic nitrogens is 2. The van der Waals surface area contributed by atoms with Crippen LogP contribution in [0.4, 0.5) is 5.95 Å². The summed E-state index contributed by atoms with van der Waals surface area (Å²) in [5.41, 5.74) is 1.78. The van der Waals surface area contributed by atoms with Crippen LogP contribution < -0.4 is 15.8 Å². The second-order valence-corrected chi connectivity index (χ2v) is 7.49. The molecule has 0 bridgehead atoms. The van der Waals surface area contributed by atoms with Gasteiger partial charge in [0.15, 0.2) is 0 Å². The Morgan fingerprint density at radius 3 is 2.67 bits per heavy atom. The average Bonchev–Trinajstić information content (AvgIpc) is 2.74. The van der Waals surface area contributed by atoms with Crippen molar-refractivity contribution in [2.45, 2.75) is 13.3 Å². The first-order chi connectivity index (χ1) is 14.6. The quantitative estimate of drug-likeness (QED) is 0.617. The molecule has 0 unspecified atom stereocenters. The molecule has 3 aromatic rings. The van der Waals surface area contributed by atoms with Gasteiger partial charge in [-0.1, -0.05) is 12.1 Å². The smallest absolute Gasteiger partial charge is 0.336 e. The second-order valence-electron chi connectivity index (χ2n) is 7.49. The number of piperazine rings is 1. The van der Waals surface area contributed by atoms with Gasteiger partial charge in [0.25, 0.3) is 0 Å². The van der Waals surface area contributed by atoms with Crippen LogP contribution in [0.5, 0.6) is 0 Å². The molecule has 0 saturated carbocycles. The summed E-state index contributed by atoms with van der Waals surface area (Å²) >= 11 is 0. The largest absolute Gasteiger partial charge is 0.423 e. The minimum Gasteiger partial charge on any atom is -0.423 e. The zero-order valence-electron chi connectivity index (χ0n) is 17.0. The molecule has 0 aliphatic carbocycles. The van der Waals surface area contributed by atoms with E-state index in [2.05, 4.69) is 25.1 Å². The molecule has 8 nitrogen and oxygen atoms in total. The molecule has 156 valence electrons. The Hall–Kier alpha value is -3.26. The van der Waals surface area contributed by atoms with Crippen molar-refractivity contribution in [3.8, 4) is 0 Å². The third-order valence-electron chi connectivity index (χ3n) is 5.29. The van der Waals surface area contributed by atoms with Crippen molar-refractivity contribution in [1.29, 1.82) is 0 Å². The van der Waals surface area contributed by atoms with Crippen molar-refractivity contribution >= 4 is 22.8 Å². The van der Waals surface area contributed by atoms with Crippen molar-refractivity contribution in [3.05, 3.63) is 64.3 Å². The van der Waals surface area contributed by atoms with E-state index in [0.29, 0.717) is 17.7 Å². The summed E-state index contributed by atoms with van der Waals surface area (Å²) in [6.07, 6.45) is 3.67. The summed E-state index contributed by atoms with van der Waals surface area (Å²) in [5, 5.41) is 3.77. The molecule has 4 rings (SSSR count). The molecule has 3 heterocycles. The highest BCUT2D eigenvalue weighted by Gasteiger charge is 2.18. The van der Waals surface area contributed by atoms with Gasteiger partial charge in [0.2, 0.25) is 11.9 Å². The summed E-state index contributed by atoms with van der Waals surface area (Å²) < 4.78 is 5.26. The van der Waals surface area contributed by atoms with Gasteiger partial charge in [0.05, 0.1) is 6.42 Å². The van der Waals surface area contributed by atoms with E-state index in [1.54, 1.807) is 12.4 Å². The lowest BCUT2D eigenvalue weighted by Crippen LogP contribution is -2.49. The standard InChI is InChI=1S/C22H25N5O3/c1-16-3-4-18-17(15-21(29)30-19(18)13-16)14-20(28)23-7-8-26-9-11-27(12-10-26)22-24-5-2-6-25-22/h2-6,13,15H,7-12,14H2,1H3,(H,23,28). The summed E-state index contributed by atoms with van der Waals surface area (Å²) in [6, 6.07) is 8.88. The van der Waals surface area contributed by atoms with Crippen LogP contribution in [-0.4, -0.2) is 60.0 Å². The van der Waals surface area contributed by atoms with Gasteiger partial charge in [-0.15, -0.1) is 0 Å². The highest BCUT2D eigenvalue weighted by Crippen LogP contribution is 2.19. The average molecular weight is 407 g/mol. The van der Waals surface area contributed by atoms with Gasteiger partial charge in [0, 0.05) is 63.1 Å². The minimum atomic E-state index is -0.434. The van der Waals surface area contributed by atoms with Crippen molar-refractivity contribution in [1.82, 2.24) is 20.2 Å².